The summed E-state index contributed by atoms with van der Waals surface area (Å²) in [6.07, 6.45) is 0.201. The fourth-order valence-corrected chi connectivity index (χ4v) is 1.99. The highest BCUT2D eigenvalue weighted by Crippen LogP contribution is 2.31. The van der Waals surface area contributed by atoms with Crippen LogP contribution in [0.25, 0.3) is 0 Å². The summed E-state index contributed by atoms with van der Waals surface area (Å²) in [7, 11) is 0. The molecule has 0 saturated carbocycles. The molecule has 1 saturated heterocycles. The van der Waals surface area contributed by atoms with Gasteiger partial charge >= 0.3 is 0 Å². The van der Waals surface area contributed by atoms with Gasteiger partial charge in [0.1, 0.15) is 11.5 Å². The van der Waals surface area contributed by atoms with Crippen LogP contribution in [0.4, 0.5) is 0 Å². The molecule has 5 heteroatoms. The van der Waals surface area contributed by atoms with Crippen molar-refractivity contribution in [2.75, 3.05) is 13.2 Å². The Bertz CT molecular complexity index is 429. The topological polar surface area (TPSA) is 46.5 Å². The van der Waals surface area contributed by atoms with Crippen molar-refractivity contribution in [3.8, 4) is 5.75 Å². The van der Waals surface area contributed by atoms with Gasteiger partial charge < -0.3 is 9.84 Å². The molecular weight excluding hydrogens is 295 g/mol. The minimum atomic E-state index is -0.0261. The second-order valence-electron chi connectivity index (χ2n) is 3.77. The number of ketones is 1. The van der Waals surface area contributed by atoms with Crippen molar-refractivity contribution in [2.24, 2.45) is 5.92 Å². The molecule has 1 aliphatic heterocycles. The molecule has 16 heavy (non-hydrogen) atoms. The van der Waals surface area contributed by atoms with E-state index in [0.29, 0.717) is 28.3 Å². The van der Waals surface area contributed by atoms with E-state index >= 15 is 0 Å². The lowest BCUT2D eigenvalue weighted by atomic mass is 9.96. The Labute approximate surface area is 106 Å². The molecule has 1 fully saturated rings. The predicted molar refractivity (Wildman–Crippen MR) is 63.8 cm³/mol. The van der Waals surface area contributed by atoms with Gasteiger partial charge in [-0.1, -0.05) is 11.6 Å². The zero-order valence-corrected chi connectivity index (χ0v) is 10.7. The summed E-state index contributed by atoms with van der Waals surface area (Å²) >= 11 is 9.11. The summed E-state index contributed by atoms with van der Waals surface area (Å²) < 4.78 is 5.57. The SMILES string of the molecule is O=C(Cc1cc(Cl)c(Br)cc1O)C1COC1. The Balaban J connectivity index is 2.14. The van der Waals surface area contributed by atoms with E-state index in [2.05, 4.69) is 15.9 Å². The number of hydrogen-bond acceptors (Lipinski definition) is 3. The van der Waals surface area contributed by atoms with Crippen LogP contribution in [0.15, 0.2) is 16.6 Å². The first-order chi connectivity index (χ1) is 7.58. The summed E-state index contributed by atoms with van der Waals surface area (Å²) in [5.41, 5.74) is 0.560. The number of phenolic OH excluding ortho intramolecular Hbond substituents is 1. The lowest BCUT2D eigenvalue weighted by Crippen LogP contribution is -2.35. The van der Waals surface area contributed by atoms with Crippen molar-refractivity contribution in [1.29, 1.82) is 0 Å². The minimum Gasteiger partial charge on any atom is -0.508 e. The molecule has 86 valence electrons. The van der Waals surface area contributed by atoms with Crippen LogP contribution in [0.5, 0.6) is 5.75 Å². The maximum atomic E-state index is 11.7. The zero-order chi connectivity index (χ0) is 11.7. The van der Waals surface area contributed by atoms with Gasteiger partial charge in [0.05, 0.1) is 24.2 Å². The van der Waals surface area contributed by atoms with E-state index in [1.54, 1.807) is 6.07 Å². The Morgan fingerprint density at radius 2 is 2.25 bits per heavy atom. The molecule has 0 amide bonds. The van der Waals surface area contributed by atoms with Crippen LogP contribution in [0.2, 0.25) is 5.02 Å². The van der Waals surface area contributed by atoms with Gasteiger partial charge in [0.25, 0.3) is 0 Å². The lowest BCUT2D eigenvalue weighted by Gasteiger charge is -2.24. The molecule has 0 unspecified atom stereocenters. The highest BCUT2D eigenvalue weighted by Gasteiger charge is 2.26. The van der Waals surface area contributed by atoms with E-state index < -0.39 is 0 Å². The summed E-state index contributed by atoms with van der Waals surface area (Å²) in [5.74, 6) is 0.145. The normalized spacial score (nSPS) is 15.9. The Morgan fingerprint density at radius 1 is 1.56 bits per heavy atom. The number of Topliss-reactive ketones (excluding diaryl/α,β-unsaturated/α-hetero) is 1. The molecule has 0 bridgehead atoms. The van der Waals surface area contributed by atoms with Gasteiger partial charge in [-0.05, 0) is 28.1 Å². The molecule has 0 spiro atoms. The van der Waals surface area contributed by atoms with Gasteiger partial charge in [-0.3, -0.25) is 4.79 Å². The Morgan fingerprint density at radius 3 is 2.81 bits per heavy atom. The predicted octanol–water partition coefficient (Wildman–Crippen LogP) is 2.57. The maximum Gasteiger partial charge on any atom is 0.145 e. The van der Waals surface area contributed by atoms with E-state index in [4.69, 9.17) is 16.3 Å². The first-order valence-corrected chi connectivity index (χ1v) is 6.02. The third-order valence-corrected chi connectivity index (χ3v) is 3.78. The molecule has 0 aromatic heterocycles. The molecule has 1 heterocycles. The molecule has 2 rings (SSSR count). The van der Waals surface area contributed by atoms with Gasteiger partial charge in [0.15, 0.2) is 0 Å². The highest BCUT2D eigenvalue weighted by atomic mass is 79.9. The van der Waals surface area contributed by atoms with Gasteiger partial charge in [-0.2, -0.15) is 0 Å². The minimum absolute atomic E-state index is 0.0261. The van der Waals surface area contributed by atoms with Crippen molar-refractivity contribution in [3.05, 3.63) is 27.2 Å². The third kappa shape index (κ3) is 2.39. The van der Waals surface area contributed by atoms with E-state index in [1.165, 1.54) is 6.07 Å². The summed E-state index contributed by atoms with van der Waals surface area (Å²) in [6, 6.07) is 3.11. The van der Waals surface area contributed by atoms with Crippen LogP contribution in [0.1, 0.15) is 5.56 Å². The molecule has 1 aromatic rings. The number of carbonyl (C=O) groups excluding carboxylic acids is 1. The maximum absolute atomic E-state index is 11.7. The van der Waals surface area contributed by atoms with Crippen LogP contribution in [0.3, 0.4) is 0 Å². The second-order valence-corrected chi connectivity index (χ2v) is 5.03. The lowest BCUT2D eigenvalue weighted by molar-refractivity contribution is -0.135. The molecule has 3 nitrogen and oxygen atoms in total. The summed E-state index contributed by atoms with van der Waals surface area (Å²) in [5, 5.41) is 10.2. The number of carbonyl (C=O) groups is 1. The van der Waals surface area contributed by atoms with Crippen molar-refractivity contribution in [1.82, 2.24) is 0 Å². The van der Waals surface area contributed by atoms with Crippen molar-refractivity contribution >= 4 is 33.3 Å². The Kier molecular flexibility index (Phi) is 3.52. The van der Waals surface area contributed by atoms with Gasteiger partial charge in [0, 0.05) is 16.5 Å². The summed E-state index contributed by atoms with van der Waals surface area (Å²) in [6.45, 7) is 0.980. The molecule has 1 aliphatic rings. The average molecular weight is 306 g/mol. The monoisotopic (exact) mass is 304 g/mol. The van der Waals surface area contributed by atoms with Crippen LogP contribution in [-0.4, -0.2) is 24.1 Å². The fourth-order valence-electron chi connectivity index (χ4n) is 1.47. The largest absolute Gasteiger partial charge is 0.508 e. The second kappa shape index (κ2) is 4.73. The zero-order valence-electron chi connectivity index (χ0n) is 8.37. The molecule has 0 radical (unpaired) electrons. The third-order valence-electron chi connectivity index (χ3n) is 2.58. The van der Waals surface area contributed by atoms with E-state index in [0.717, 1.165) is 0 Å². The van der Waals surface area contributed by atoms with Gasteiger partial charge in [-0.15, -0.1) is 0 Å². The standard InChI is InChI=1S/C11H10BrClO3/c12-8-3-11(15)6(1-9(8)13)2-10(14)7-4-16-5-7/h1,3,7,15H,2,4-5H2. The van der Waals surface area contributed by atoms with E-state index in [9.17, 15) is 9.90 Å². The number of ether oxygens (including phenoxy) is 1. The van der Waals surface area contributed by atoms with Crippen LogP contribution < -0.4 is 0 Å². The molecule has 0 aliphatic carbocycles. The molecule has 1 N–H and O–H groups in total. The Hall–Kier alpha value is -0.580. The first-order valence-electron chi connectivity index (χ1n) is 4.85. The number of aromatic hydroxyl groups is 1. The number of halogens is 2. The van der Waals surface area contributed by atoms with E-state index in [-0.39, 0.29) is 23.9 Å². The number of phenols is 1. The van der Waals surface area contributed by atoms with Crippen molar-refractivity contribution in [3.63, 3.8) is 0 Å². The molecular formula is C11H10BrClO3. The molecule has 0 atom stereocenters. The number of hydrogen-bond donors (Lipinski definition) is 1. The fraction of sp³-hybridized carbons (Fsp3) is 0.364. The van der Waals surface area contributed by atoms with Crippen molar-refractivity contribution < 1.29 is 14.6 Å². The number of benzene rings is 1. The van der Waals surface area contributed by atoms with Crippen LogP contribution >= 0.6 is 27.5 Å². The molecule has 1 aromatic carbocycles. The van der Waals surface area contributed by atoms with Crippen molar-refractivity contribution in [2.45, 2.75) is 6.42 Å². The number of rotatable bonds is 3. The first kappa shape index (κ1) is 11.9. The quantitative estimate of drug-likeness (QED) is 0.933. The highest BCUT2D eigenvalue weighted by molar-refractivity contribution is 9.10. The van der Waals surface area contributed by atoms with Crippen LogP contribution in [-0.2, 0) is 16.0 Å². The van der Waals surface area contributed by atoms with Gasteiger partial charge in [-0.25, -0.2) is 0 Å². The smallest absolute Gasteiger partial charge is 0.145 e. The van der Waals surface area contributed by atoms with Gasteiger partial charge in [0.2, 0.25) is 0 Å². The average Bonchev–Trinajstić information content (AvgIpc) is 2.11. The van der Waals surface area contributed by atoms with Crippen LogP contribution in [0, 0.1) is 5.92 Å². The summed E-state index contributed by atoms with van der Waals surface area (Å²) in [4.78, 5) is 11.7. The van der Waals surface area contributed by atoms with E-state index in [1.807, 2.05) is 0 Å².